The summed E-state index contributed by atoms with van der Waals surface area (Å²) in [4.78, 5) is 15.2. The van der Waals surface area contributed by atoms with Crippen LogP contribution in [0.15, 0.2) is 29.4 Å². The largest absolute Gasteiger partial charge is 0.372 e. The predicted octanol–water partition coefficient (Wildman–Crippen LogP) is 2.67. The first-order chi connectivity index (χ1) is 11.9. The molecular weight excluding hydrogens is 348 g/mol. The number of hydrogen-bond donors (Lipinski definition) is 1. The normalized spacial score (nSPS) is 29.7. The van der Waals surface area contributed by atoms with Gasteiger partial charge in [-0.2, -0.15) is 0 Å². The Morgan fingerprint density at radius 2 is 2.24 bits per heavy atom. The van der Waals surface area contributed by atoms with Gasteiger partial charge in [0.25, 0.3) is 5.91 Å². The number of halogens is 1. The Balaban J connectivity index is 1.74. The highest BCUT2D eigenvalue weighted by Gasteiger charge is 2.60. The van der Waals surface area contributed by atoms with Crippen LogP contribution in [-0.2, 0) is 14.2 Å². The quantitative estimate of drug-likeness (QED) is 0.491. The Morgan fingerprint density at radius 1 is 1.48 bits per heavy atom. The second-order valence-electron chi connectivity index (χ2n) is 6.53. The molecule has 0 aliphatic carbocycles. The lowest BCUT2D eigenvalue weighted by Crippen LogP contribution is -2.51. The lowest BCUT2D eigenvalue weighted by atomic mass is 9.96. The number of nitrogens with one attached hydrogen (secondary N) is 1. The average Bonchev–Trinajstić information content (AvgIpc) is 3.02. The van der Waals surface area contributed by atoms with Gasteiger partial charge in [0.05, 0.1) is 36.4 Å². The molecule has 1 aromatic carbocycles. The van der Waals surface area contributed by atoms with Gasteiger partial charge in [-0.3, -0.25) is 4.79 Å². The van der Waals surface area contributed by atoms with Crippen LogP contribution in [0.25, 0.3) is 10.4 Å². The van der Waals surface area contributed by atoms with Gasteiger partial charge in [0, 0.05) is 4.91 Å². The summed E-state index contributed by atoms with van der Waals surface area (Å²) in [6.45, 7) is 4.16. The number of benzene rings is 1. The van der Waals surface area contributed by atoms with Crippen molar-refractivity contribution in [2.45, 2.75) is 37.4 Å². The summed E-state index contributed by atoms with van der Waals surface area (Å²) in [5.41, 5.74) is 8.07. The van der Waals surface area contributed by atoms with Gasteiger partial charge in [-0.1, -0.05) is 28.8 Å². The predicted molar refractivity (Wildman–Crippen MR) is 90.3 cm³/mol. The molecule has 134 valence electrons. The lowest BCUT2D eigenvalue weighted by Gasteiger charge is -2.27. The highest BCUT2D eigenvalue weighted by molar-refractivity contribution is 6.33. The second kappa shape index (κ2) is 6.82. The molecule has 2 heterocycles. The third-order valence-electron chi connectivity index (χ3n) is 4.25. The molecule has 2 fully saturated rings. The van der Waals surface area contributed by atoms with Crippen molar-refractivity contribution in [3.05, 3.63) is 45.3 Å². The maximum Gasteiger partial charge on any atom is 0.252 e. The van der Waals surface area contributed by atoms with E-state index in [2.05, 4.69) is 15.3 Å². The minimum Gasteiger partial charge on any atom is -0.372 e. The summed E-state index contributed by atoms with van der Waals surface area (Å²) >= 11 is 6.06. The van der Waals surface area contributed by atoms with E-state index in [1.165, 1.54) is 0 Å². The van der Waals surface area contributed by atoms with Crippen LogP contribution >= 0.6 is 11.6 Å². The fourth-order valence-electron chi connectivity index (χ4n) is 3.27. The summed E-state index contributed by atoms with van der Waals surface area (Å²) in [6, 6.07) is 6.81. The molecule has 0 saturated carbocycles. The molecule has 3 atom stereocenters. The Kier molecular flexibility index (Phi) is 4.90. The van der Waals surface area contributed by atoms with Gasteiger partial charge in [-0.25, -0.2) is 0 Å². The van der Waals surface area contributed by atoms with E-state index in [0.29, 0.717) is 10.6 Å². The van der Waals surface area contributed by atoms with Crippen LogP contribution in [0, 0.1) is 0 Å². The Labute approximate surface area is 150 Å². The van der Waals surface area contributed by atoms with Crippen molar-refractivity contribution in [2.24, 2.45) is 5.11 Å². The number of fused-ring (bicyclic) bond motifs is 1. The molecule has 25 heavy (non-hydrogen) atoms. The van der Waals surface area contributed by atoms with Gasteiger partial charge < -0.3 is 19.5 Å². The van der Waals surface area contributed by atoms with E-state index >= 15 is 0 Å². The van der Waals surface area contributed by atoms with Crippen molar-refractivity contribution < 1.29 is 19.0 Å². The molecule has 0 radical (unpaired) electrons. The number of hydrogen-bond acceptors (Lipinski definition) is 5. The van der Waals surface area contributed by atoms with E-state index in [4.69, 9.17) is 31.3 Å². The maximum absolute atomic E-state index is 12.4. The standard InChI is InChI=1S/C16H19ClN4O4/c1-15(2)24-13-12(7-20-21-18)23-9-16(13,25-15)8-19-14(22)10-5-3-4-6-11(10)17/h3-6,12-13H,7-9H2,1-2H3,(H,19,22)/t12-,13-,16+/m1/s1. The lowest BCUT2D eigenvalue weighted by molar-refractivity contribution is -0.188. The topological polar surface area (TPSA) is 106 Å². The van der Waals surface area contributed by atoms with Crippen LogP contribution in [0.5, 0.6) is 0 Å². The minimum atomic E-state index is -0.837. The summed E-state index contributed by atoms with van der Waals surface area (Å²) in [7, 11) is 0. The average molecular weight is 367 g/mol. The van der Waals surface area contributed by atoms with Crippen molar-refractivity contribution in [2.75, 3.05) is 19.7 Å². The van der Waals surface area contributed by atoms with Crippen LogP contribution < -0.4 is 5.32 Å². The van der Waals surface area contributed by atoms with E-state index in [-0.39, 0.29) is 25.6 Å². The molecular formula is C16H19ClN4O4. The molecule has 0 bridgehead atoms. The number of carbonyl (C=O) groups excluding carboxylic acids is 1. The highest BCUT2D eigenvalue weighted by Crippen LogP contribution is 2.43. The molecule has 2 aliphatic heterocycles. The van der Waals surface area contributed by atoms with E-state index in [1.54, 1.807) is 38.1 Å². The van der Waals surface area contributed by atoms with Crippen molar-refractivity contribution >= 4 is 17.5 Å². The summed E-state index contributed by atoms with van der Waals surface area (Å²) in [5.74, 6) is -1.12. The van der Waals surface area contributed by atoms with Crippen molar-refractivity contribution in [1.29, 1.82) is 0 Å². The number of carbonyl (C=O) groups is 1. The Hall–Kier alpha value is -1.83. The zero-order valence-electron chi connectivity index (χ0n) is 13.9. The first kappa shape index (κ1) is 18.0. The summed E-state index contributed by atoms with van der Waals surface area (Å²) in [5, 5.41) is 6.79. The van der Waals surface area contributed by atoms with Crippen LogP contribution in [-0.4, -0.2) is 49.2 Å². The fraction of sp³-hybridized carbons (Fsp3) is 0.562. The summed E-state index contributed by atoms with van der Waals surface area (Å²) in [6.07, 6.45) is -0.866. The number of ether oxygens (including phenoxy) is 3. The van der Waals surface area contributed by atoms with Crippen LogP contribution in [0.3, 0.4) is 0 Å². The number of azide groups is 1. The number of amides is 1. The van der Waals surface area contributed by atoms with Crippen LogP contribution in [0.4, 0.5) is 0 Å². The molecule has 9 heteroatoms. The zero-order chi connectivity index (χ0) is 18.1. The zero-order valence-corrected chi connectivity index (χ0v) is 14.7. The molecule has 1 amide bonds. The van der Waals surface area contributed by atoms with Gasteiger partial charge in [0.1, 0.15) is 11.7 Å². The fourth-order valence-corrected chi connectivity index (χ4v) is 3.49. The summed E-state index contributed by atoms with van der Waals surface area (Å²) < 4.78 is 17.7. The minimum absolute atomic E-state index is 0.140. The van der Waals surface area contributed by atoms with Gasteiger partial charge in [-0.15, -0.1) is 0 Å². The molecule has 1 N–H and O–H groups in total. The van der Waals surface area contributed by atoms with Gasteiger partial charge in [0.15, 0.2) is 5.79 Å². The van der Waals surface area contributed by atoms with Gasteiger partial charge in [0.2, 0.25) is 0 Å². The first-order valence-corrected chi connectivity index (χ1v) is 8.28. The smallest absolute Gasteiger partial charge is 0.252 e. The van der Waals surface area contributed by atoms with E-state index in [0.717, 1.165) is 0 Å². The van der Waals surface area contributed by atoms with Crippen LogP contribution in [0.2, 0.25) is 5.02 Å². The third kappa shape index (κ3) is 3.58. The second-order valence-corrected chi connectivity index (χ2v) is 6.94. The molecule has 0 spiro atoms. The third-order valence-corrected chi connectivity index (χ3v) is 4.58. The molecule has 0 unspecified atom stereocenters. The van der Waals surface area contributed by atoms with E-state index in [9.17, 15) is 4.79 Å². The SMILES string of the molecule is CC1(C)O[C@@H]2[C@@H](CN=[N+]=[N-])OC[C@]2(CNC(=O)c2ccccc2Cl)O1. The maximum atomic E-state index is 12.4. The number of nitrogens with zero attached hydrogens (tertiary/aromatic N) is 3. The van der Waals surface area contributed by atoms with Crippen molar-refractivity contribution in [3.63, 3.8) is 0 Å². The molecule has 2 saturated heterocycles. The molecule has 0 aromatic heterocycles. The monoisotopic (exact) mass is 366 g/mol. The first-order valence-electron chi connectivity index (χ1n) is 7.90. The van der Waals surface area contributed by atoms with Crippen molar-refractivity contribution in [3.8, 4) is 0 Å². The Bertz CT molecular complexity index is 722. The van der Waals surface area contributed by atoms with Gasteiger partial charge >= 0.3 is 0 Å². The highest BCUT2D eigenvalue weighted by atomic mass is 35.5. The van der Waals surface area contributed by atoms with E-state index < -0.39 is 23.6 Å². The molecule has 8 nitrogen and oxygen atoms in total. The molecule has 1 aromatic rings. The van der Waals surface area contributed by atoms with Crippen LogP contribution in [0.1, 0.15) is 24.2 Å². The van der Waals surface area contributed by atoms with Crippen molar-refractivity contribution in [1.82, 2.24) is 5.32 Å². The molecule has 3 rings (SSSR count). The Morgan fingerprint density at radius 3 is 2.96 bits per heavy atom. The van der Waals surface area contributed by atoms with Gasteiger partial charge in [-0.05, 0) is 31.5 Å². The number of rotatable bonds is 5. The van der Waals surface area contributed by atoms with E-state index in [1.807, 2.05) is 0 Å². The molecule has 2 aliphatic rings.